The van der Waals surface area contributed by atoms with Gasteiger partial charge in [-0.3, -0.25) is 14.4 Å². The van der Waals surface area contributed by atoms with Crippen LogP contribution in [-0.2, 0) is 23.1 Å². The number of rotatable bonds is 3. The Kier molecular flexibility index (Phi) is 4.52. The molecule has 2 fully saturated rings. The highest BCUT2D eigenvalue weighted by molar-refractivity contribution is 5.95. The number of aryl methyl sites for hydroxylation is 2. The predicted octanol–water partition coefficient (Wildman–Crippen LogP) is 2.18. The Bertz CT molecular complexity index is 881. The molecule has 1 aromatic heterocycles. The molecule has 2 saturated heterocycles. The van der Waals surface area contributed by atoms with Gasteiger partial charge in [0, 0.05) is 43.6 Å². The van der Waals surface area contributed by atoms with E-state index < -0.39 is 5.60 Å². The van der Waals surface area contributed by atoms with Crippen molar-refractivity contribution in [3.05, 3.63) is 47.0 Å². The molecule has 0 saturated carbocycles. The van der Waals surface area contributed by atoms with Crippen LogP contribution in [0.4, 0.5) is 10.1 Å². The minimum Gasteiger partial charge on any atom is -0.362 e. The lowest BCUT2D eigenvalue weighted by molar-refractivity contribution is -0.137. The number of carbonyl (C=O) groups excluding carboxylic acids is 1. The molecule has 2 aromatic rings. The first kappa shape index (κ1) is 18.1. The van der Waals surface area contributed by atoms with Gasteiger partial charge in [0.2, 0.25) is 0 Å². The third-order valence-corrected chi connectivity index (χ3v) is 5.81. The van der Waals surface area contributed by atoms with E-state index in [-0.39, 0.29) is 18.3 Å². The van der Waals surface area contributed by atoms with Crippen LogP contribution < -0.4 is 4.90 Å². The van der Waals surface area contributed by atoms with Gasteiger partial charge in [-0.05, 0) is 38.5 Å². The number of ether oxygens (including phenoxy) is 1. The molecule has 0 bridgehead atoms. The molecule has 0 aliphatic carbocycles. The monoisotopic (exact) mass is 372 g/mol. The van der Waals surface area contributed by atoms with Crippen LogP contribution >= 0.6 is 0 Å². The Morgan fingerprint density at radius 2 is 2.11 bits per heavy atom. The lowest BCUT2D eigenvalue weighted by atomic mass is 10.00. The summed E-state index contributed by atoms with van der Waals surface area (Å²) in [5.41, 5.74) is 3.68. The van der Waals surface area contributed by atoms with Crippen molar-refractivity contribution >= 4 is 11.6 Å². The van der Waals surface area contributed by atoms with Crippen molar-refractivity contribution in [3.8, 4) is 0 Å². The summed E-state index contributed by atoms with van der Waals surface area (Å²) in [7, 11) is 1.96. The van der Waals surface area contributed by atoms with Crippen LogP contribution in [0.1, 0.15) is 23.4 Å². The summed E-state index contributed by atoms with van der Waals surface area (Å²) < 4.78 is 21.5. The highest BCUT2D eigenvalue weighted by Crippen LogP contribution is 2.33. The Morgan fingerprint density at radius 3 is 2.81 bits per heavy atom. The van der Waals surface area contributed by atoms with Gasteiger partial charge < -0.3 is 9.64 Å². The Morgan fingerprint density at radius 1 is 1.30 bits per heavy atom. The number of halogens is 1. The van der Waals surface area contributed by atoms with Crippen LogP contribution in [0, 0.1) is 19.7 Å². The van der Waals surface area contributed by atoms with E-state index in [2.05, 4.69) is 16.9 Å². The molecule has 144 valence electrons. The Balaban J connectivity index is 1.50. The van der Waals surface area contributed by atoms with Gasteiger partial charge in [-0.1, -0.05) is 6.07 Å². The van der Waals surface area contributed by atoms with E-state index in [0.29, 0.717) is 12.2 Å². The number of benzene rings is 1. The minimum atomic E-state index is -0.399. The third kappa shape index (κ3) is 3.37. The molecule has 6 nitrogen and oxygen atoms in total. The van der Waals surface area contributed by atoms with Gasteiger partial charge >= 0.3 is 0 Å². The Hall–Kier alpha value is -2.25. The average Bonchev–Trinajstić information content (AvgIpc) is 3.13. The van der Waals surface area contributed by atoms with Crippen molar-refractivity contribution in [2.24, 2.45) is 7.05 Å². The second kappa shape index (κ2) is 6.73. The van der Waals surface area contributed by atoms with Gasteiger partial charge in [0.05, 0.1) is 12.2 Å². The van der Waals surface area contributed by atoms with Gasteiger partial charge in [-0.15, -0.1) is 0 Å². The summed E-state index contributed by atoms with van der Waals surface area (Å²) in [6, 6.07) is 6.20. The first-order valence-corrected chi connectivity index (χ1v) is 9.28. The normalized spacial score (nSPS) is 23.6. The molecule has 27 heavy (non-hydrogen) atoms. The van der Waals surface area contributed by atoms with Gasteiger partial charge in [0.15, 0.2) is 0 Å². The molecule has 1 spiro atoms. The van der Waals surface area contributed by atoms with Crippen LogP contribution in [0.3, 0.4) is 0 Å². The fourth-order valence-electron chi connectivity index (χ4n) is 4.17. The van der Waals surface area contributed by atoms with Crippen LogP contribution in [0.15, 0.2) is 24.3 Å². The van der Waals surface area contributed by atoms with Crippen molar-refractivity contribution < 1.29 is 13.9 Å². The number of anilines is 1. The maximum atomic E-state index is 13.6. The van der Waals surface area contributed by atoms with Gasteiger partial charge in [0.1, 0.15) is 18.0 Å². The van der Waals surface area contributed by atoms with Crippen molar-refractivity contribution in [3.63, 3.8) is 0 Å². The highest BCUT2D eigenvalue weighted by Gasteiger charge is 2.45. The lowest BCUT2D eigenvalue weighted by Crippen LogP contribution is -2.56. The second-order valence-corrected chi connectivity index (χ2v) is 7.67. The van der Waals surface area contributed by atoms with Crippen molar-refractivity contribution in [1.82, 2.24) is 14.7 Å². The third-order valence-electron chi connectivity index (χ3n) is 5.81. The maximum Gasteiger partial charge on any atom is 0.253 e. The zero-order chi connectivity index (χ0) is 19.2. The first-order chi connectivity index (χ1) is 12.9. The van der Waals surface area contributed by atoms with E-state index >= 15 is 0 Å². The number of likely N-dealkylation sites (tertiary alicyclic amines) is 1. The SMILES string of the molecule is Cc1nn(C)c(C)c1CN1CCC2(C1)CN(c1cccc(F)c1)C(=O)CO2. The summed E-state index contributed by atoms with van der Waals surface area (Å²) >= 11 is 0. The number of morpholine rings is 1. The molecule has 7 heteroatoms. The fourth-order valence-corrected chi connectivity index (χ4v) is 4.17. The number of nitrogens with zero attached hydrogens (tertiary/aromatic N) is 4. The standard InChI is InChI=1S/C20H25FN4O2/c1-14-18(15(2)23(3)22-14)10-24-8-7-20(12-24)13-25(19(26)11-27-20)17-6-4-5-16(21)9-17/h4-6,9H,7-8,10-13H2,1-3H3. The molecule has 1 aromatic carbocycles. The summed E-state index contributed by atoms with van der Waals surface area (Å²) in [6.45, 7) is 7.09. The smallest absolute Gasteiger partial charge is 0.253 e. The second-order valence-electron chi connectivity index (χ2n) is 7.67. The quantitative estimate of drug-likeness (QED) is 0.829. The zero-order valence-corrected chi connectivity index (χ0v) is 16.0. The predicted molar refractivity (Wildman–Crippen MR) is 100 cm³/mol. The first-order valence-electron chi connectivity index (χ1n) is 9.28. The van der Waals surface area contributed by atoms with E-state index in [9.17, 15) is 9.18 Å². The molecule has 2 aliphatic heterocycles. The largest absolute Gasteiger partial charge is 0.362 e. The molecular formula is C20H25FN4O2. The molecule has 2 aliphatic rings. The van der Waals surface area contributed by atoms with E-state index in [1.807, 2.05) is 18.7 Å². The van der Waals surface area contributed by atoms with Gasteiger partial charge in [-0.2, -0.15) is 5.10 Å². The molecule has 3 heterocycles. The topological polar surface area (TPSA) is 50.6 Å². The van der Waals surface area contributed by atoms with E-state index in [1.54, 1.807) is 17.0 Å². The molecule has 0 N–H and O–H groups in total. The van der Waals surface area contributed by atoms with E-state index in [0.717, 1.165) is 31.7 Å². The minimum absolute atomic E-state index is 0.0370. The lowest BCUT2D eigenvalue weighted by Gasteiger charge is -2.40. The molecule has 4 rings (SSSR count). The highest BCUT2D eigenvalue weighted by atomic mass is 19.1. The van der Waals surface area contributed by atoms with Crippen molar-refractivity contribution in [2.75, 3.05) is 31.1 Å². The van der Waals surface area contributed by atoms with Crippen LogP contribution in [0.25, 0.3) is 0 Å². The number of aromatic nitrogens is 2. The maximum absolute atomic E-state index is 13.6. The number of amides is 1. The van der Waals surface area contributed by atoms with Crippen molar-refractivity contribution in [2.45, 2.75) is 32.4 Å². The Labute approximate surface area is 158 Å². The number of carbonyl (C=O) groups is 1. The molecular weight excluding hydrogens is 347 g/mol. The van der Waals surface area contributed by atoms with E-state index in [1.165, 1.54) is 23.4 Å². The molecule has 0 radical (unpaired) electrons. The molecule has 1 unspecified atom stereocenters. The summed E-state index contributed by atoms with van der Waals surface area (Å²) in [4.78, 5) is 16.4. The van der Waals surface area contributed by atoms with Gasteiger partial charge in [0.25, 0.3) is 5.91 Å². The van der Waals surface area contributed by atoms with Crippen LogP contribution in [0.2, 0.25) is 0 Å². The van der Waals surface area contributed by atoms with Gasteiger partial charge in [-0.25, -0.2) is 4.39 Å². The fraction of sp³-hybridized carbons (Fsp3) is 0.500. The zero-order valence-electron chi connectivity index (χ0n) is 16.0. The van der Waals surface area contributed by atoms with Crippen LogP contribution in [-0.4, -0.2) is 52.4 Å². The number of hydrogen-bond donors (Lipinski definition) is 0. The molecule has 1 amide bonds. The van der Waals surface area contributed by atoms with Crippen molar-refractivity contribution in [1.29, 1.82) is 0 Å². The average molecular weight is 372 g/mol. The summed E-state index contributed by atoms with van der Waals surface area (Å²) in [5, 5.41) is 4.50. The number of hydrogen-bond acceptors (Lipinski definition) is 4. The molecule has 1 atom stereocenters. The summed E-state index contributed by atoms with van der Waals surface area (Å²) in [6.07, 6.45) is 0.852. The summed E-state index contributed by atoms with van der Waals surface area (Å²) in [5.74, 6) is -0.458. The van der Waals surface area contributed by atoms with E-state index in [4.69, 9.17) is 4.74 Å². The van der Waals surface area contributed by atoms with Crippen LogP contribution in [0.5, 0.6) is 0 Å².